The van der Waals surface area contributed by atoms with Gasteiger partial charge in [-0.05, 0) is 37.4 Å². The van der Waals surface area contributed by atoms with Crippen LogP contribution in [0.4, 0.5) is 5.69 Å². The van der Waals surface area contributed by atoms with E-state index < -0.39 is 10.0 Å². The molecule has 0 aromatic heterocycles. The molecule has 1 aromatic rings. The van der Waals surface area contributed by atoms with Crippen LogP contribution in [0.3, 0.4) is 0 Å². The van der Waals surface area contributed by atoms with Crippen LogP contribution in [0.15, 0.2) is 24.3 Å². The van der Waals surface area contributed by atoms with Gasteiger partial charge < -0.3 is 5.32 Å². The first-order chi connectivity index (χ1) is 8.69. The van der Waals surface area contributed by atoms with Crippen molar-refractivity contribution in [2.24, 2.45) is 0 Å². The van der Waals surface area contributed by atoms with Gasteiger partial charge in [-0.3, -0.25) is 4.31 Å². The van der Waals surface area contributed by atoms with Gasteiger partial charge in [-0.15, -0.1) is 0 Å². The second-order valence-electron chi connectivity index (χ2n) is 4.96. The van der Waals surface area contributed by atoms with Crippen LogP contribution in [0.25, 0.3) is 0 Å². The summed E-state index contributed by atoms with van der Waals surface area (Å²) in [4.78, 5) is 0. The van der Waals surface area contributed by atoms with Gasteiger partial charge in [0.05, 0.1) is 10.9 Å². The Morgan fingerprint density at radius 2 is 2.11 bits per heavy atom. The third kappa shape index (κ3) is 1.91. The molecule has 98 valence electrons. The zero-order valence-corrected chi connectivity index (χ0v) is 11.1. The highest BCUT2D eigenvalue weighted by molar-refractivity contribution is 7.93. The number of para-hydroxylation sites is 1. The van der Waals surface area contributed by atoms with Crippen LogP contribution in [0, 0.1) is 0 Å². The SMILES string of the molecule is O=S(=O)([C@@H]1CCCNC1)N1CCc2ccccc21. The van der Waals surface area contributed by atoms with Gasteiger partial charge in [0.1, 0.15) is 0 Å². The molecule has 1 saturated heterocycles. The van der Waals surface area contributed by atoms with Gasteiger partial charge in [0.25, 0.3) is 0 Å². The zero-order valence-electron chi connectivity index (χ0n) is 10.3. The van der Waals surface area contributed by atoms with E-state index in [0.29, 0.717) is 13.1 Å². The third-order valence-corrected chi connectivity index (χ3v) is 6.06. The average Bonchev–Trinajstić information content (AvgIpc) is 2.84. The molecule has 3 rings (SSSR count). The molecule has 1 fully saturated rings. The van der Waals surface area contributed by atoms with Crippen LogP contribution in [0.1, 0.15) is 18.4 Å². The van der Waals surface area contributed by atoms with E-state index in [0.717, 1.165) is 37.1 Å². The lowest BCUT2D eigenvalue weighted by atomic mass is 10.2. The summed E-state index contributed by atoms with van der Waals surface area (Å²) in [7, 11) is -3.20. The molecule has 2 aliphatic rings. The highest BCUT2D eigenvalue weighted by Crippen LogP contribution is 2.32. The highest BCUT2D eigenvalue weighted by atomic mass is 32.2. The predicted molar refractivity (Wildman–Crippen MR) is 72.3 cm³/mol. The summed E-state index contributed by atoms with van der Waals surface area (Å²) >= 11 is 0. The van der Waals surface area contributed by atoms with Crippen LogP contribution >= 0.6 is 0 Å². The summed E-state index contributed by atoms with van der Waals surface area (Å²) in [6.45, 7) is 2.11. The quantitative estimate of drug-likeness (QED) is 0.873. The van der Waals surface area contributed by atoms with Crippen molar-refractivity contribution in [1.82, 2.24) is 5.32 Å². The van der Waals surface area contributed by atoms with Crippen molar-refractivity contribution in [1.29, 1.82) is 0 Å². The van der Waals surface area contributed by atoms with E-state index in [1.807, 2.05) is 24.3 Å². The summed E-state index contributed by atoms with van der Waals surface area (Å²) in [6.07, 6.45) is 2.54. The standard InChI is InChI=1S/C13H18N2O2S/c16-18(17,12-5-3-8-14-10-12)15-9-7-11-4-1-2-6-13(11)15/h1-2,4,6,12,14H,3,5,7-10H2/t12-/m1/s1. The van der Waals surface area contributed by atoms with E-state index in [9.17, 15) is 8.42 Å². The molecule has 1 atom stereocenters. The molecule has 0 bridgehead atoms. The van der Waals surface area contributed by atoms with Crippen molar-refractivity contribution in [2.75, 3.05) is 23.9 Å². The molecule has 4 nitrogen and oxygen atoms in total. The van der Waals surface area contributed by atoms with Gasteiger partial charge in [-0.2, -0.15) is 0 Å². The number of hydrogen-bond donors (Lipinski definition) is 1. The van der Waals surface area contributed by atoms with Crippen LogP contribution in [0.2, 0.25) is 0 Å². The minimum absolute atomic E-state index is 0.266. The summed E-state index contributed by atoms with van der Waals surface area (Å²) in [5.41, 5.74) is 2.02. The first-order valence-corrected chi connectivity index (χ1v) is 8.00. The van der Waals surface area contributed by atoms with Crippen molar-refractivity contribution in [3.05, 3.63) is 29.8 Å². The highest BCUT2D eigenvalue weighted by Gasteiger charge is 2.36. The molecule has 1 N–H and O–H groups in total. The van der Waals surface area contributed by atoms with E-state index in [2.05, 4.69) is 5.32 Å². The second kappa shape index (κ2) is 4.55. The Labute approximate surface area is 108 Å². The number of rotatable bonds is 2. The van der Waals surface area contributed by atoms with Gasteiger partial charge in [0.15, 0.2) is 0 Å². The molecular weight excluding hydrogens is 248 g/mol. The maximum absolute atomic E-state index is 12.6. The number of nitrogens with zero attached hydrogens (tertiary/aromatic N) is 1. The van der Waals surface area contributed by atoms with Gasteiger partial charge in [-0.1, -0.05) is 18.2 Å². The average molecular weight is 266 g/mol. The first kappa shape index (κ1) is 12.0. The minimum atomic E-state index is -3.20. The normalized spacial score (nSPS) is 24.0. The summed E-state index contributed by atoms with van der Waals surface area (Å²) in [5.74, 6) is 0. The summed E-state index contributed by atoms with van der Waals surface area (Å²) < 4.78 is 26.9. The molecule has 0 saturated carbocycles. The number of nitrogens with one attached hydrogen (secondary N) is 1. The molecule has 1 aromatic carbocycles. The van der Waals surface area contributed by atoms with Crippen molar-refractivity contribution >= 4 is 15.7 Å². The number of hydrogen-bond acceptors (Lipinski definition) is 3. The van der Waals surface area contributed by atoms with Gasteiger partial charge in [0, 0.05) is 13.1 Å². The molecule has 0 aliphatic carbocycles. The first-order valence-electron chi connectivity index (χ1n) is 6.50. The molecule has 0 spiro atoms. The van der Waals surface area contributed by atoms with Crippen LogP contribution < -0.4 is 9.62 Å². The van der Waals surface area contributed by atoms with Gasteiger partial charge in [-0.25, -0.2) is 8.42 Å². The van der Waals surface area contributed by atoms with Crippen molar-refractivity contribution in [3.8, 4) is 0 Å². The number of fused-ring (bicyclic) bond motifs is 1. The van der Waals surface area contributed by atoms with Gasteiger partial charge in [0.2, 0.25) is 10.0 Å². The zero-order chi connectivity index (χ0) is 12.6. The fraction of sp³-hybridized carbons (Fsp3) is 0.538. The van der Waals surface area contributed by atoms with Crippen molar-refractivity contribution in [3.63, 3.8) is 0 Å². The fourth-order valence-corrected chi connectivity index (χ4v) is 4.78. The van der Waals surface area contributed by atoms with Crippen LogP contribution in [-0.4, -0.2) is 33.3 Å². The van der Waals surface area contributed by atoms with Crippen LogP contribution in [0.5, 0.6) is 0 Å². The number of anilines is 1. The number of sulfonamides is 1. The molecule has 2 heterocycles. The Balaban J connectivity index is 1.91. The lowest BCUT2D eigenvalue weighted by molar-refractivity contribution is 0.495. The Morgan fingerprint density at radius 3 is 2.89 bits per heavy atom. The Bertz CT molecular complexity index is 536. The Hall–Kier alpha value is -1.07. The maximum atomic E-state index is 12.6. The molecular formula is C13H18N2O2S. The predicted octanol–water partition coefficient (Wildman–Crippen LogP) is 1.13. The lowest BCUT2D eigenvalue weighted by Gasteiger charge is -2.29. The fourth-order valence-electron chi connectivity index (χ4n) is 2.83. The summed E-state index contributed by atoms with van der Waals surface area (Å²) in [6, 6.07) is 7.81. The summed E-state index contributed by atoms with van der Waals surface area (Å²) in [5, 5.41) is 2.92. The molecule has 2 aliphatic heterocycles. The second-order valence-corrected chi connectivity index (χ2v) is 7.10. The number of piperidine rings is 1. The molecule has 0 unspecified atom stereocenters. The van der Waals surface area contributed by atoms with E-state index in [4.69, 9.17) is 0 Å². The monoisotopic (exact) mass is 266 g/mol. The largest absolute Gasteiger partial charge is 0.315 e. The lowest BCUT2D eigenvalue weighted by Crippen LogP contribution is -2.45. The molecule has 18 heavy (non-hydrogen) atoms. The maximum Gasteiger partial charge on any atom is 0.239 e. The third-order valence-electron chi connectivity index (χ3n) is 3.82. The van der Waals surface area contributed by atoms with Crippen molar-refractivity contribution in [2.45, 2.75) is 24.5 Å². The van der Waals surface area contributed by atoms with E-state index in [-0.39, 0.29) is 5.25 Å². The van der Waals surface area contributed by atoms with Gasteiger partial charge >= 0.3 is 0 Å². The van der Waals surface area contributed by atoms with Crippen molar-refractivity contribution < 1.29 is 8.42 Å². The number of benzene rings is 1. The topological polar surface area (TPSA) is 49.4 Å². The van der Waals surface area contributed by atoms with Crippen LogP contribution in [-0.2, 0) is 16.4 Å². The minimum Gasteiger partial charge on any atom is -0.315 e. The van der Waals surface area contributed by atoms with E-state index in [1.54, 1.807) is 4.31 Å². The molecule has 0 radical (unpaired) electrons. The van der Waals surface area contributed by atoms with E-state index in [1.165, 1.54) is 0 Å². The van der Waals surface area contributed by atoms with E-state index >= 15 is 0 Å². The molecule has 0 amide bonds. The molecule has 5 heteroatoms. The smallest absolute Gasteiger partial charge is 0.239 e. The Kier molecular flexibility index (Phi) is 3.03. The Morgan fingerprint density at radius 1 is 1.28 bits per heavy atom.